The van der Waals surface area contributed by atoms with Crippen LogP contribution < -0.4 is 15.2 Å². The third kappa shape index (κ3) is 2.44. The molecule has 19 heavy (non-hydrogen) atoms. The Labute approximate surface area is 105 Å². The number of benzene rings is 1. The fourth-order valence-electron chi connectivity index (χ4n) is 1.64. The lowest BCUT2D eigenvalue weighted by Gasteiger charge is -2.27. The van der Waals surface area contributed by atoms with Crippen molar-refractivity contribution in [2.75, 3.05) is 13.2 Å². The molecule has 0 bridgehead atoms. The van der Waals surface area contributed by atoms with Crippen LogP contribution in [0.2, 0.25) is 0 Å². The number of fused-ring (bicyclic) bond motifs is 1. The molecule has 1 aliphatic rings. The highest BCUT2D eigenvalue weighted by Gasteiger charge is 2.61. The minimum Gasteiger partial charge on any atom is -0.486 e. The van der Waals surface area contributed by atoms with Crippen molar-refractivity contribution in [1.29, 1.82) is 0 Å². The fraction of sp³-hybridized carbons (Fsp3) is 0.455. The van der Waals surface area contributed by atoms with Gasteiger partial charge in [0.1, 0.15) is 19.3 Å². The van der Waals surface area contributed by atoms with Crippen molar-refractivity contribution in [3.8, 4) is 11.5 Å². The topological polar surface area (TPSA) is 44.5 Å². The molecular weight excluding hydrogens is 273 g/mol. The minimum absolute atomic E-state index is 0.108. The number of alkyl halides is 5. The monoisotopic (exact) mass is 283 g/mol. The van der Waals surface area contributed by atoms with Crippen LogP contribution in [-0.4, -0.2) is 25.3 Å². The number of halogens is 5. The van der Waals surface area contributed by atoms with E-state index in [1.807, 2.05) is 0 Å². The van der Waals surface area contributed by atoms with E-state index in [2.05, 4.69) is 0 Å². The van der Waals surface area contributed by atoms with E-state index in [-0.39, 0.29) is 30.3 Å². The van der Waals surface area contributed by atoms with Crippen LogP contribution in [0.25, 0.3) is 0 Å². The van der Waals surface area contributed by atoms with E-state index >= 15 is 0 Å². The largest absolute Gasteiger partial charge is 0.486 e. The van der Waals surface area contributed by atoms with Gasteiger partial charge in [-0.2, -0.15) is 22.0 Å². The molecule has 0 radical (unpaired) electrons. The molecule has 0 aromatic heterocycles. The highest BCUT2D eigenvalue weighted by Crippen LogP contribution is 2.44. The summed E-state index contributed by atoms with van der Waals surface area (Å²) in [6, 6.07) is 0.871. The zero-order chi connectivity index (χ0) is 14.3. The van der Waals surface area contributed by atoms with Crippen LogP contribution in [0.3, 0.4) is 0 Å². The van der Waals surface area contributed by atoms with Crippen molar-refractivity contribution in [2.24, 2.45) is 5.73 Å². The summed E-state index contributed by atoms with van der Waals surface area (Å²) in [5.74, 6) is -4.62. The Kier molecular flexibility index (Phi) is 3.29. The van der Waals surface area contributed by atoms with Crippen molar-refractivity contribution in [3.63, 3.8) is 0 Å². The standard InChI is InChI=1S/C11H10F5NO2/c12-10(13,11(14,15)16)9(17)6-1-2-7-8(5-6)19-4-3-18-7/h1-2,5,9H,3-4,17H2. The Morgan fingerprint density at radius 3 is 2.16 bits per heavy atom. The molecular formula is C11H10F5NO2. The van der Waals surface area contributed by atoms with Gasteiger partial charge in [0.25, 0.3) is 0 Å². The van der Waals surface area contributed by atoms with Crippen molar-refractivity contribution >= 4 is 0 Å². The van der Waals surface area contributed by atoms with Crippen LogP contribution in [-0.2, 0) is 0 Å². The zero-order valence-corrected chi connectivity index (χ0v) is 9.51. The molecule has 0 fully saturated rings. The van der Waals surface area contributed by atoms with E-state index in [9.17, 15) is 22.0 Å². The molecule has 1 aromatic carbocycles. The van der Waals surface area contributed by atoms with Crippen LogP contribution in [0, 0.1) is 0 Å². The van der Waals surface area contributed by atoms with Gasteiger partial charge in [-0.15, -0.1) is 0 Å². The van der Waals surface area contributed by atoms with E-state index in [0.717, 1.165) is 12.1 Å². The van der Waals surface area contributed by atoms with Crippen LogP contribution in [0.1, 0.15) is 11.6 Å². The maximum atomic E-state index is 13.1. The van der Waals surface area contributed by atoms with Crippen molar-refractivity contribution in [2.45, 2.75) is 18.1 Å². The number of hydrogen-bond donors (Lipinski definition) is 1. The van der Waals surface area contributed by atoms with Gasteiger partial charge in [0, 0.05) is 0 Å². The fourth-order valence-corrected chi connectivity index (χ4v) is 1.64. The molecule has 0 saturated carbocycles. The number of rotatable bonds is 2. The lowest BCUT2D eigenvalue weighted by atomic mass is 10.0. The van der Waals surface area contributed by atoms with E-state index < -0.39 is 18.1 Å². The number of ether oxygens (including phenoxy) is 2. The van der Waals surface area contributed by atoms with E-state index in [1.165, 1.54) is 6.07 Å². The molecule has 8 heteroatoms. The van der Waals surface area contributed by atoms with Crippen LogP contribution in [0.4, 0.5) is 22.0 Å². The second-order valence-electron chi connectivity index (χ2n) is 4.00. The molecule has 106 valence electrons. The second kappa shape index (κ2) is 4.52. The minimum atomic E-state index is -5.71. The molecule has 1 heterocycles. The first-order chi connectivity index (χ1) is 8.73. The molecule has 3 nitrogen and oxygen atoms in total. The first-order valence-corrected chi connectivity index (χ1v) is 5.33. The normalized spacial score (nSPS) is 17.2. The molecule has 2 rings (SSSR count). The smallest absolute Gasteiger partial charge is 0.455 e. The van der Waals surface area contributed by atoms with Crippen LogP contribution in [0.5, 0.6) is 11.5 Å². The van der Waals surface area contributed by atoms with Crippen molar-refractivity contribution in [3.05, 3.63) is 23.8 Å². The molecule has 0 aliphatic carbocycles. The first kappa shape index (κ1) is 13.9. The Balaban J connectivity index is 2.32. The molecule has 0 amide bonds. The average Bonchev–Trinajstić information content (AvgIpc) is 2.36. The summed E-state index contributed by atoms with van der Waals surface area (Å²) in [4.78, 5) is 0. The van der Waals surface area contributed by atoms with E-state index in [0.29, 0.717) is 0 Å². The number of nitrogens with two attached hydrogens (primary N) is 1. The molecule has 1 atom stereocenters. The van der Waals surface area contributed by atoms with Gasteiger partial charge >= 0.3 is 12.1 Å². The van der Waals surface area contributed by atoms with Gasteiger partial charge < -0.3 is 15.2 Å². The maximum absolute atomic E-state index is 13.1. The third-order valence-corrected chi connectivity index (χ3v) is 2.69. The van der Waals surface area contributed by atoms with Crippen molar-refractivity contribution in [1.82, 2.24) is 0 Å². The average molecular weight is 283 g/mol. The summed E-state index contributed by atoms with van der Waals surface area (Å²) < 4.78 is 73.1. The summed E-state index contributed by atoms with van der Waals surface area (Å²) in [6.45, 7) is 0.485. The maximum Gasteiger partial charge on any atom is 0.455 e. The Bertz CT molecular complexity index is 475. The first-order valence-electron chi connectivity index (χ1n) is 5.33. The van der Waals surface area contributed by atoms with Gasteiger partial charge in [-0.25, -0.2) is 0 Å². The lowest BCUT2D eigenvalue weighted by Crippen LogP contribution is -2.45. The van der Waals surface area contributed by atoms with Crippen LogP contribution in [0.15, 0.2) is 18.2 Å². The predicted molar refractivity (Wildman–Crippen MR) is 55.4 cm³/mol. The summed E-state index contributed by atoms with van der Waals surface area (Å²) in [6.07, 6.45) is -5.71. The predicted octanol–water partition coefficient (Wildman–Crippen LogP) is 2.66. The molecule has 0 saturated heterocycles. The molecule has 1 unspecified atom stereocenters. The SMILES string of the molecule is NC(c1ccc2c(c1)OCCO2)C(F)(F)C(F)(F)F. The van der Waals surface area contributed by atoms with Gasteiger partial charge in [-0.05, 0) is 17.7 Å². The van der Waals surface area contributed by atoms with E-state index in [1.54, 1.807) is 0 Å². The van der Waals surface area contributed by atoms with E-state index in [4.69, 9.17) is 15.2 Å². The highest BCUT2D eigenvalue weighted by atomic mass is 19.4. The Morgan fingerprint density at radius 2 is 1.58 bits per heavy atom. The Morgan fingerprint density at radius 1 is 1.00 bits per heavy atom. The summed E-state index contributed by atoms with van der Waals surface area (Å²) >= 11 is 0. The highest BCUT2D eigenvalue weighted by molar-refractivity contribution is 5.45. The number of hydrogen-bond acceptors (Lipinski definition) is 3. The molecule has 1 aliphatic heterocycles. The van der Waals surface area contributed by atoms with Gasteiger partial charge in [-0.3, -0.25) is 0 Å². The third-order valence-electron chi connectivity index (χ3n) is 2.69. The molecule has 1 aromatic rings. The zero-order valence-electron chi connectivity index (χ0n) is 9.51. The summed E-state index contributed by atoms with van der Waals surface area (Å²) in [5, 5.41) is 0. The van der Waals surface area contributed by atoms with Gasteiger partial charge in [0.05, 0.1) is 0 Å². The van der Waals surface area contributed by atoms with Gasteiger partial charge in [0.2, 0.25) is 0 Å². The van der Waals surface area contributed by atoms with Crippen LogP contribution >= 0.6 is 0 Å². The summed E-state index contributed by atoms with van der Waals surface area (Å²) in [5.41, 5.74) is 4.66. The second-order valence-corrected chi connectivity index (χ2v) is 4.00. The van der Waals surface area contributed by atoms with Gasteiger partial charge in [0.15, 0.2) is 11.5 Å². The Hall–Kier alpha value is -1.57. The summed E-state index contributed by atoms with van der Waals surface area (Å²) in [7, 11) is 0. The van der Waals surface area contributed by atoms with Crippen molar-refractivity contribution < 1.29 is 31.4 Å². The molecule has 0 spiro atoms. The quantitative estimate of drug-likeness (QED) is 0.849. The van der Waals surface area contributed by atoms with Gasteiger partial charge in [-0.1, -0.05) is 6.07 Å². The molecule has 2 N–H and O–H groups in total. The lowest BCUT2D eigenvalue weighted by molar-refractivity contribution is -0.291.